The van der Waals surface area contributed by atoms with Gasteiger partial charge in [0.1, 0.15) is 11.4 Å². The highest BCUT2D eigenvalue weighted by atomic mass is 35.5. The topological polar surface area (TPSA) is 66.8 Å². The lowest BCUT2D eigenvalue weighted by Gasteiger charge is -2.19. The maximum atomic E-state index is 12.5. The Morgan fingerprint density at radius 3 is 2.63 bits per heavy atom. The number of amides is 1. The molecule has 30 heavy (non-hydrogen) atoms. The van der Waals surface area contributed by atoms with Gasteiger partial charge in [-0.2, -0.15) is 0 Å². The minimum atomic E-state index is -0.949. The molecular weight excluding hydrogens is 402 g/mol. The van der Waals surface area contributed by atoms with E-state index in [2.05, 4.69) is 0 Å². The van der Waals surface area contributed by atoms with E-state index in [1.165, 1.54) is 4.90 Å². The van der Waals surface area contributed by atoms with Crippen molar-refractivity contribution in [2.24, 2.45) is 0 Å². The van der Waals surface area contributed by atoms with Crippen molar-refractivity contribution >= 4 is 23.5 Å². The van der Waals surface area contributed by atoms with Gasteiger partial charge in [-0.3, -0.25) is 4.79 Å². The van der Waals surface area contributed by atoms with Crippen molar-refractivity contribution in [1.29, 1.82) is 0 Å². The summed E-state index contributed by atoms with van der Waals surface area (Å²) in [4.78, 5) is 25.5. The molecule has 2 aromatic rings. The van der Waals surface area contributed by atoms with Crippen LogP contribution in [-0.2, 0) is 12.8 Å². The quantitative estimate of drug-likeness (QED) is 0.414. The zero-order chi connectivity index (χ0) is 21.7. The molecule has 1 heterocycles. The molecule has 0 saturated heterocycles. The van der Waals surface area contributed by atoms with Gasteiger partial charge < -0.3 is 14.7 Å². The number of nitrogens with zero attached hydrogens (tertiary/aromatic N) is 1. The lowest BCUT2D eigenvalue weighted by Crippen LogP contribution is -2.32. The molecule has 0 atom stereocenters. The summed E-state index contributed by atoms with van der Waals surface area (Å²) in [6, 6.07) is 13.1. The Labute approximate surface area is 182 Å². The molecule has 6 heteroatoms. The van der Waals surface area contributed by atoms with Crippen molar-refractivity contribution in [3.63, 3.8) is 0 Å². The molecule has 1 amide bonds. The molecule has 3 rings (SSSR count). The molecule has 0 spiro atoms. The van der Waals surface area contributed by atoms with Crippen molar-refractivity contribution in [2.45, 2.75) is 51.6 Å². The zero-order valence-corrected chi connectivity index (χ0v) is 18.2. The van der Waals surface area contributed by atoms with Gasteiger partial charge in [0.15, 0.2) is 5.78 Å². The molecule has 0 radical (unpaired) electrons. The van der Waals surface area contributed by atoms with Gasteiger partial charge >= 0.3 is 6.09 Å². The maximum Gasteiger partial charge on any atom is 0.407 e. The van der Waals surface area contributed by atoms with E-state index in [0.717, 1.165) is 23.3 Å². The highest BCUT2D eigenvalue weighted by Gasteiger charge is 2.30. The summed E-state index contributed by atoms with van der Waals surface area (Å²) in [6.45, 7) is 4.86. The standard InChI is InChI=1S/C24H28ClNO4/c1-24(2)16-19-15-18(10-11-22(19)30-24)21(27)9-5-6-13-26(23(28)29)14-12-17-7-3-4-8-20(17)25/h3-4,7-8,10-11,15H,5-6,9,12-14,16H2,1-2H3,(H,28,29). The van der Waals surface area contributed by atoms with Crippen LogP contribution in [0.1, 0.15) is 54.6 Å². The third kappa shape index (κ3) is 5.76. The molecule has 5 nitrogen and oxygen atoms in total. The van der Waals surface area contributed by atoms with E-state index in [1.807, 2.05) is 50.2 Å². The summed E-state index contributed by atoms with van der Waals surface area (Å²) in [7, 11) is 0. The summed E-state index contributed by atoms with van der Waals surface area (Å²) in [6.07, 6.45) is 2.10. The molecule has 0 aromatic heterocycles. The smallest absolute Gasteiger partial charge is 0.407 e. The van der Waals surface area contributed by atoms with Crippen LogP contribution in [0.25, 0.3) is 0 Å². The zero-order valence-electron chi connectivity index (χ0n) is 17.5. The number of ether oxygens (including phenoxy) is 1. The van der Waals surface area contributed by atoms with Crippen molar-refractivity contribution < 1.29 is 19.4 Å². The molecule has 0 aliphatic carbocycles. The van der Waals surface area contributed by atoms with Crippen LogP contribution in [0.2, 0.25) is 5.02 Å². The molecule has 1 aliphatic rings. The Balaban J connectivity index is 1.45. The van der Waals surface area contributed by atoms with Crippen LogP contribution < -0.4 is 4.74 Å². The first-order valence-electron chi connectivity index (χ1n) is 10.3. The van der Waals surface area contributed by atoms with Gasteiger partial charge in [-0.05, 0) is 68.5 Å². The molecule has 2 aromatic carbocycles. The number of carbonyl (C=O) groups is 2. The Kier molecular flexibility index (Phi) is 7.03. The summed E-state index contributed by atoms with van der Waals surface area (Å²) in [5, 5.41) is 10.1. The third-order valence-corrected chi connectivity index (χ3v) is 5.71. The molecule has 0 fully saturated rings. The van der Waals surface area contributed by atoms with Crippen molar-refractivity contribution in [2.75, 3.05) is 13.1 Å². The second kappa shape index (κ2) is 9.52. The molecule has 0 bridgehead atoms. The van der Waals surface area contributed by atoms with E-state index >= 15 is 0 Å². The first-order chi connectivity index (χ1) is 14.2. The lowest BCUT2D eigenvalue weighted by molar-refractivity contribution is 0.0978. The van der Waals surface area contributed by atoms with Crippen LogP contribution >= 0.6 is 11.6 Å². The highest BCUT2D eigenvalue weighted by Crippen LogP contribution is 2.35. The number of hydrogen-bond donors (Lipinski definition) is 1. The van der Waals surface area contributed by atoms with Crippen molar-refractivity contribution in [3.05, 3.63) is 64.2 Å². The minimum Gasteiger partial charge on any atom is -0.487 e. The molecular formula is C24H28ClNO4. The number of unbranched alkanes of at least 4 members (excludes halogenated alkanes) is 1. The third-order valence-electron chi connectivity index (χ3n) is 5.35. The summed E-state index contributed by atoms with van der Waals surface area (Å²) >= 11 is 6.15. The number of fused-ring (bicyclic) bond motifs is 1. The van der Waals surface area contributed by atoms with E-state index in [-0.39, 0.29) is 11.4 Å². The Morgan fingerprint density at radius 1 is 1.13 bits per heavy atom. The fraction of sp³-hybridized carbons (Fsp3) is 0.417. The summed E-state index contributed by atoms with van der Waals surface area (Å²) in [5.74, 6) is 0.938. The maximum absolute atomic E-state index is 12.5. The van der Waals surface area contributed by atoms with Gasteiger partial charge in [0.25, 0.3) is 0 Å². The molecule has 1 N–H and O–H groups in total. The number of ketones is 1. The minimum absolute atomic E-state index is 0.0837. The van der Waals surface area contributed by atoms with Crippen LogP contribution in [0, 0.1) is 0 Å². The van der Waals surface area contributed by atoms with Crippen molar-refractivity contribution in [3.8, 4) is 5.75 Å². The van der Waals surface area contributed by atoms with E-state index in [0.29, 0.717) is 49.4 Å². The number of Topliss-reactive ketones (excluding diaryl/α,β-unsaturated/α-hetero) is 1. The summed E-state index contributed by atoms with van der Waals surface area (Å²) < 4.78 is 5.86. The van der Waals surface area contributed by atoms with Gasteiger partial charge in [0.2, 0.25) is 0 Å². The second-order valence-electron chi connectivity index (χ2n) is 8.35. The normalized spacial score (nSPS) is 14.1. The Bertz CT molecular complexity index is 925. The first-order valence-corrected chi connectivity index (χ1v) is 10.7. The van der Waals surface area contributed by atoms with Gasteiger partial charge in [-0.15, -0.1) is 0 Å². The van der Waals surface area contributed by atoms with Crippen LogP contribution in [0.3, 0.4) is 0 Å². The molecule has 0 saturated carbocycles. The number of rotatable bonds is 9. The average molecular weight is 430 g/mol. The number of carboxylic acid groups (broad SMARTS) is 1. The monoisotopic (exact) mass is 429 g/mol. The number of halogens is 1. The van der Waals surface area contributed by atoms with Crippen LogP contribution in [-0.4, -0.2) is 40.6 Å². The first kappa shape index (κ1) is 22.2. The Hall–Kier alpha value is -2.53. The predicted octanol–water partition coefficient (Wildman–Crippen LogP) is 5.63. The van der Waals surface area contributed by atoms with E-state index < -0.39 is 6.09 Å². The van der Waals surface area contributed by atoms with Crippen LogP contribution in [0.15, 0.2) is 42.5 Å². The van der Waals surface area contributed by atoms with Crippen molar-refractivity contribution in [1.82, 2.24) is 4.90 Å². The fourth-order valence-corrected chi connectivity index (χ4v) is 4.01. The second-order valence-corrected chi connectivity index (χ2v) is 8.76. The molecule has 0 unspecified atom stereocenters. The van der Waals surface area contributed by atoms with E-state index in [4.69, 9.17) is 16.3 Å². The highest BCUT2D eigenvalue weighted by molar-refractivity contribution is 6.31. The van der Waals surface area contributed by atoms with E-state index in [9.17, 15) is 14.7 Å². The van der Waals surface area contributed by atoms with Crippen LogP contribution in [0.5, 0.6) is 5.75 Å². The fourth-order valence-electron chi connectivity index (χ4n) is 3.78. The average Bonchev–Trinajstić information content (AvgIpc) is 3.00. The SMILES string of the molecule is CC1(C)Cc2cc(C(=O)CCCCN(CCc3ccccc3Cl)C(=O)O)ccc2O1. The number of hydrogen-bond acceptors (Lipinski definition) is 3. The van der Waals surface area contributed by atoms with Gasteiger partial charge in [0.05, 0.1) is 0 Å². The Morgan fingerprint density at radius 2 is 1.90 bits per heavy atom. The lowest BCUT2D eigenvalue weighted by atomic mass is 9.98. The molecule has 1 aliphatic heterocycles. The van der Waals surface area contributed by atoms with Gasteiger partial charge in [-0.1, -0.05) is 29.8 Å². The van der Waals surface area contributed by atoms with E-state index in [1.54, 1.807) is 6.07 Å². The van der Waals surface area contributed by atoms with Gasteiger partial charge in [-0.25, -0.2) is 4.79 Å². The van der Waals surface area contributed by atoms with Crippen LogP contribution in [0.4, 0.5) is 4.79 Å². The predicted molar refractivity (Wildman–Crippen MR) is 118 cm³/mol. The molecule has 160 valence electrons. The number of benzene rings is 2. The summed E-state index contributed by atoms with van der Waals surface area (Å²) in [5.41, 5.74) is 2.48. The largest absolute Gasteiger partial charge is 0.487 e. The number of carbonyl (C=O) groups excluding carboxylic acids is 1. The van der Waals surface area contributed by atoms with Gasteiger partial charge in [0, 0.05) is 36.5 Å².